The molecule has 4 atom stereocenters. The minimum absolute atomic E-state index is 0.364. The highest BCUT2D eigenvalue weighted by atomic mass is 127. The highest BCUT2D eigenvalue weighted by Crippen LogP contribution is 2.45. The SMILES string of the molecule is C[C@]1(O)[C@H](O)[C@@H](CO)O[C@H]1n1cc2c(I)cc(=O)nc3c2c1N=CN3. The predicted molar refractivity (Wildman–Crippen MR) is 98.1 cm³/mol. The van der Waals surface area contributed by atoms with Crippen molar-refractivity contribution in [2.75, 3.05) is 11.9 Å². The highest BCUT2D eigenvalue weighted by Gasteiger charge is 2.53. The third kappa shape index (κ3) is 2.39. The van der Waals surface area contributed by atoms with Crippen molar-refractivity contribution in [3.8, 4) is 0 Å². The Labute approximate surface area is 155 Å². The summed E-state index contributed by atoms with van der Waals surface area (Å²) in [6.45, 7) is 1.02. The van der Waals surface area contributed by atoms with Crippen LogP contribution in [-0.2, 0) is 4.74 Å². The van der Waals surface area contributed by atoms with Gasteiger partial charge in [0.1, 0.15) is 29.4 Å². The van der Waals surface area contributed by atoms with E-state index < -0.39 is 30.6 Å². The Bertz CT molecular complexity index is 957. The topological polar surface area (TPSA) is 129 Å². The Hall–Kier alpha value is -1.60. The van der Waals surface area contributed by atoms with E-state index in [4.69, 9.17) is 4.74 Å². The van der Waals surface area contributed by atoms with Crippen molar-refractivity contribution in [1.82, 2.24) is 9.55 Å². The molecule has 0 bridgehead atoms. The second-order valence-electron chi connectivity index (χ2n) is 6.22. The molecule has 4 N–H and O–H groups in total. The van der Waals surface area contributed by atoms with Crippen LogP contribution in [0.5, 0.6) is 0 Å². The molecule has 1 saturated heterocycles. The molecule has 0 aromatic carbocycles. The summed E-state index contributed by atoms with van der Waals surface area (Å²) >= 11 is 2.04. The van der Waals surface area contributed by atoms with E-state index in [0.717, 1.165) is 0 Å². The molecule has 2 aliphatic heterocycles. The minimum Gasteiger partial charge on any atom is -0.394 e. The third-order valence-corrected chi connectivity index (χ3v) is 5.44. The van der Waals surface area contributed by atoms with Crippen LogP contribution in [0.25, 0.3) is 10.8 Å². The molecular formula is C15H15IN4O5. The average molecular weight is 458 g/mol. The Morgan fingerprint density at radius 2 is 2.28 bits per heavy atom. The standard InChI is InChI=1S/C15H15IN4O5/c1-15(24)11(23)8(4-21)25-14(15)20-3-6-7(16)2-9(22)19-12-10(6)13(20)18-5-17-12/h2-3,5,8,11,14,21,23-24H,4H2,1H3,(H,17,18,19,22)/t8-,11-,14-,15+/m1/s1. The van der Waals surface area contributed by atoms with E-state index in [0.29, 0.717) is 26.0 Å². The van der Waals surface area contributed by atoms with Gasteiger partial charge in [-0.2, -0.15) is 4.98 Å². The van der Waals surface area contributed by atoms with Crippen molar-refractivity contribution >= 4 is 51.3 Å². The molecule has 2 aromatic rings. The number of aliphatic hydroxyl groups is 3. The fourth-order valence-corrected chi connectivity index (χ4v) is 3.95. The Morgan fingerprint density at radius 1 is 1.52 bits per heavy atom. The number of hydrogen-bond donors (Lipinski definition) is 4. The van der Waals surface area contributed by atoms with Gasteiger partial charge in [0.05, 0.1) is 18.3 Å². The summed E-state index contributed by atoms with van der Waals surface area (Å²) in [4.78, 5) is 20.2. The van der Waals surface area contributed by atoms with E-state index in [2.05, 4.69) is 15.3 Å². The van der Waals surface area contributed by atoms with Crippen LogP contribution >= 0.6 is 22.6 Å². The molecule has 4 heterocycles. The number of aliphatic hydroxyl groups excluding tert-OH is 2. The molecule has 25 heavy (non-hydrogen) atoms. The maximum Gasteiger partial charge on any atom is 0.272 e. The Balaban J connectivity index is 1.98. The van der Waals surface area contributed by atoms with Crippen LogP contribution in [0.15, 0.2) is 22.1 Å². The summed E-state index contributed by atoms with van der Waals surface area (Å²) in [6.07, 6.45) is -0.0295. The lowest BCUT2D eigenvalue weighted by Crippen LogP contribution is -2.44. The molecule has 0 amide bonds. The Kier molecular flexibility index (Phi) is 3.85. The van der Waals surface area contributed by atoms with Crippen LogP contribution in [0, 0.1) is 3.57 Å². The van der Waals surface area contributed by atoms with Gasteiger partial charge in [0.15, 0.2) is 6.23 Å². The number of hydrogen-bond acceptors (Lipinski definition) is 8. The van der Waals surface area contributed by atoms with E-state index in [9.17, 15) is 20.1 Å². The van der Waals surface area contributed by atoms with E-state index in [1.165, 1.54) is 19.3 Å². The van der Waals surface area contributed by atoms with Gasteiger partial charge in [0.25, 0.3) is 5.56 Å². The molecular weight excluding hydrogens is 443 g/mol. The summed E-state index contributed by atoms with van der Waals surface area (Å²) in [6, 6.07) is 1.41. The van der Waals surface area contributed by atoms with Crippen molar-refractivity contribution in [2.45, 2.75) is 31.0 Å². The fourth-order valence-electron chi connectivity index (χ4n) is 3.27. The molecule has 4 rings (SSSR count). The van der Waals surface area contributed by atoms with Crippen LogP contribution in [0.3, 0.4) is 0 Å². The first-order valence-corrected chi connectivity index (χ1v) is 8.63. The molecule has 0 radical (unpaired) electrons. The van der Waals surface area contributed by atoms with Gasteiger partial charge in [-0.1, -0.05) is 0 Å². The van der Waals surface area contributed by atoms with Gasteiger partial charge in [0.2, 0.25) is 0 Å². The molecule has 0 spiro atoms. The van der Waals surface area contributed by atoms with Crippen molar-refractivity contribution in [3.63, 3.8) is 0 Å². The first-order valence-electron chi connectivity index (χ1n) is 7.56. The first kappa shape index (κ1) is 16.8. The zero-order valence-corrected chi connectivity index (χ0v) is 15.2. The number of aliphatic imine (C=N–C) groups is 1. The van der Waals surface area contributed by atoms with E-state index in [1.807, 2.05) is 22.6 Å². The van der Waals surface area contributed by atoms with Gasteiger partial charge < -0.3 is 29.9 Å². The fraction of sp³-hybridized carbons (Fsp3) is 0.400. The monoisotopic (exact) mass is 458 g/mol. The molecule has 1 fully saturated rings. The summed E-state index contributed by atoms with van der Waals surface area (Å²) in [5.41, 5.74) is -2.01. The summed E-state index contributed by atoms with van der Waals surface area (Å²) < 4.78 is 7.95. The number of rotatable bonds is 2. The van der Waals surface area contributed by atoms with Gasteiger partial charge in [-0.3, -0.25) is 4.79 Å². The largest absolute Gasteiger partial charge is 0.394 e. The number of aromatic nitrogens is 2. The van der Waals surface area contributed by atoms with Crippen molar-refractivity contribution in [3.05, 3.63) is 26.2 Å². The van der Waals surface area contributed by atoms with Crippen molar-refractivity contribution in [1.29, 1.82) is 0 Å². The minimum atomic E-state index is -1.63. The normalized spacial score (nSPS) is 30.7. The summed E-state index contributed by atoms with van der Waals surface area (Å²) in [7, 11) is 0. The van der Waals surface area contributed by atoms with E-state index in [-0.39, 0.29) is 5.56 Å². The molecule has 10 heteroatoms. The maximum absolute atomic E-state index is 11.8. The van der Waals surface area contributed by atoms with Crippen molar-refractivity contribution in [2.24, 2.45) is 4.99 Å². The molecule has 9 nitrogen and oxygen atoms in total. The lowest BCUT2D eigenvalue weighted by molar-refractivity contribution is -0.0955. The number of nitrogens with zero attached hydrogens (tertiary/aromatic N) is 3. The van der Waals surface area contributed by atoms with E-state index >= 15 is 0 Å². The zero-order valence-electron chi connectivity index (χ0n) is 13.0. The van der Waals surface area contributed by atoms with Crippen LogP contribution in [-0.4, -0.2) is 55.6 Å². The van der Waals surface area contributed by atoms with Gasteiger partial charge in [-0.15, -0.1) is 0 Å². The lowest BCUT2D eigenvalue weighted by atomic mass is 9.96. The third-order valence-electron chi connectivity index (χ3n) is 4.55. The van der Waals surface area contributed by atoms with Crippen LogP contribution in [0.1, 0.15) is 13.2 Å². The van der Waals surface area contributed by atoms with Crippen LogP contribution in [0.2, 0.25) is 0 Å². The molecule has 2 aromatic heterocycles. The second kappa shape index (κ2) is 5.71. The van der Waals surface area contributed by atoms with Crippen LogP contribution in [0.4, 0.5) is 11.6 Å². The summed E-state index contributed by atoms with van der Waals surface area (Å²) in [5, 5.41) is 34.5. The zero-order chi connectivity index (χ0) is 17.9. The van der Waals surface area contributed by atoms with E-state index in [1.54, 1.807) is 10.8 Å². The number of nitrogens with one attached hydrogen (secondary N) is 1. The maximum atomic E-state index is 11.8. The summed E-state index contributed by atoms with van der Waals surface area (Å²) in [5.74, 6) is 0.810. The van der Waals surface area contributed by atoms with Gasteiger partial charge in [0, 0.05) is 21.2 Å². The lowest BCUT2D eigenvalue weighted by Gasteiger charge is -2.28. The predicted octanol–water partition coefficient (Wildman–Crippen LogP) is 0.0880. The molecule has 0 saturated carbocycles. The highest BCUT2D eigenvalue weighted by molar-refractivity contribution is 14.1. The average Bonchev–Trinajstić information content (AvgIpc) is 3.00. The van der Waals surface area contributed by atoms with Gasteiger partial charge >= 0.3 is 0 Å². The quantitative estimate of drug-likeness (QED) is 0.470. The number of halogens is 1. The number of ether oxygens (including phenoxy) is 1. The van der Waals surface area contributed by atoms with Crippen LogP contribution < -0.4 is 10.9 Å². The molecule has 2 aliphatic rings. The first-order chi connectivity index (χ1) is 11.8. The number of anilines is 1. The molecule has 0 unspecified atom stereocenters. The van der Waals surface area contributed by atoms with Gasteiger partial charge in [-0.25, -0.2) is 4.99 Å². The second-order valence-corrected chi connectivity index (χ2v) is 7.38. The Morgan fingerprint density at radius 3 is 2.96 bits per heavy atom. The van der Waals surface area contributed by atoms with Gasteiger partial charge in [-0.05, 0) is 29.5 Å². The smallest absolute Gasteiger partial charge is 0.272 e. The molecule has 132 valence electrons. The molecule has 0 aliphatic carbocycles. The van der Waals surface area contributed by atoms with Crippen molar-refractivity contribution < 1.29 is 20.1 Å².